The molecule has 4 aliphatic rings. The molecule has 6 rings (SSSR count). The number of hydrogen-bond donors (Lipinski definition) is 2. The summed E-state index contributed by atoms with van der Waals surface area (Å²) < 4.78 is 28.9. The van der Waals surface area contributed by atoms with E-state index in [2.05, 4.69) is 31.5 Å². The Bertz CT molecular complexity index is 1650. The fourth-order valence-electron chi connectivity index (χ4n) is 7.38. The molecule has 2 aromatic rings. The van der Waals surface area contributed by atoms with Gasteiger partial charge in [0.1, 0.15) is 41.3 Å². The molecular weight excluding hydrogens is 712 g/mol. The standard InChI is InChI=1S/C36H45BrN4O9/c1-46-27-16-15-24-28(18-29(47-2)39-31(24)30(27)37)49-23-17-26-32(42)40-36(34(44)48-3)19-21(36)11-7-5-4-6-8-14-25(33(43)41(26)20-23)38-35(45)50-22-12-9-10-13-22/h7,11,15-16,18,21-23,25-26H,4-6,8-10,12-14,17,19-20H2,1-3H3,(H,38,45)(H,40,42)/b11-7-/t21-,23+,25-,26-,36+/m0/s1. The highest BCUT2D eigenvalue weighted by atomic mass is 79.9. The Kier molecular flexibility index (Phi) is 11.0. The molecule has 0 bridgehead atoms. The number of esters is 1. The molecule has 3 heterocycles. The number of hydrogen-bond acceptors (Lipinski definition) is 10. The molecule has 0 radical (unpaired) electrons. The van der Waals surface area contributed by atoms with Crippen LogP contribution < -0.4 is 24.8 Å². The van der Waals surface area contributed by atoms with Gasteiger partial charge in [-0.3, -0.25) is 9.59 Å². The van der Waals surface area contributed by atoms with Crippen LogP contribution in [0.1, 0.15) is 70.6 Å². The maximum atomic E-state index is 14.4. The summed E-state index contributed by atoms with van der Waals surface area (Å²) >= 11 is 3.57. The van der Waals surface area contributed by atoms with Crippen molar-refractivity contribution in [1.82, 2.24) is 20.5 Å². The second-order valence-corrected chi connectivity index (χ2v) is 14.3. The van der Waals surface area contributed by atoms with Gasteiger partial charge < -0.3 is 39.2 Å². The summed E-state index contributed by atoms with van der Waals surface area (Å²) in [7, 11) is 4.37. The summed E-state index contributed by atoms with van der Waals surface area (Å²) in [6.07, 6.45) is 10.3. The predicted octanol–water partition coefficient (Wildman–Crippen LogP) is 4.97. The van der Waals surface area contributed by atoms with E-state index < -0.39 is 47.6 Å². The van der Waals surface area contributed by atoms with Crippen LogP contribution in [-0.2, 0) is 23.9 Å². The highest BCUT2D eigenvalue weighted by molar-refractivity contribution is 9.10. The molecule has 1 aromatic heterocycles. The normalized spacial score (nSPS) is 28.0. The Morgan fingerprint density at radius 2 is 1.78 bits per heavy atom. The van der Waals surface area contributed by atoms with Gasteiger partial charge in [0.25, 0.3) is 0 Å². The SMILES string of the molecule is COC(=O)[C@@]12C[C@@H]1/C=C\CCCCC[C@H](NC(=O)OC1CCCC1)C(=O)N1C[C@H](Oc3cc(OC)nc4c(Br)c(OC)ccc34)C[C@H]1C(=O)N2. The first-order chi connectivity index (χ1) is 24.2. The number of rotatable bonds is 7. The van der Waals surface area contributed by atoms with Gasteiger partial charge in [0.05, 0.1) is 37.9 Å². The van der Waals surface area contributed by atoms with Crippen molar-refractivity contribution in [3.8, 4) is 17.4 Å². The number of amides is 3. The Balaban J connectivity index is 1.31. The highest BCUT2D eigenvalue weighted by Crippen LogP contribution is 2.46. The first kappa shape index (κ1) is 35.7. The van der Waals surface area contributed by atoms with Crippen molar-refractivity contribution in [1.29, 1.82) is 0 Å². The van der Waals surface area contributed by atoms with Gasteiger partial charge in [0.2, 0.25) is 17.7 Å². The molecule has 1 aromatic carbocycles. The van der Waals surface area contributed by atoms with Gasteiger partial charge in [-0.2, -0.15) is 0 Å². The molecule has 2 N–H and O–H groups in total. The van der Waals surface area contributed by atoms with Gasteiger partial charge in [-0.15, -0.1) is 0 Å². The second kappa shape index (κ2) is 15.4. The first-order valence-corrected chi connectivity index (χ1v) is 18.2. The Morgan fingerprint density at radius 1 is 1.00 bits per heavy atom. The van der Waals surface area contributed by atoms with Crippen LogP contribution in [0, 0.1) is 5.92 Å². The van der Waals surface area contributed by atoms with Gasteiger partial charge >= 0.3 is 12.1 Å². The van der Waals surface area contributed by atoms with Crippen molar-refractivity contribution in [2.24, 2.45) is 5.92 Å². The number of aromatic nitrogens is 1. The van der Waals surface area contributed by atoms with E-state index in [1.54, 1.807) is 19.2 Å². The molecule has 1 saturated heterocycles. The number of carbonyl (C=O) groups is 4. The smallest absolute Gasteiger partial charge is 0.408 e. The van der Waals surface area contributed by atoms with Crippen molar-refractivity contribution < 1.29 is 42.9 Å². The van der Waals surface area contributed by atoms with Crippen LogP contribution in [0.25, 0.3) is 10.9 Å². The van der Waals surface area contributed by atoms with E-state index in [4.69, 9.17) is 23.7 Å². The Morgan fingerprint density at radius 3 is 2.52 bits per heavy atom. The molecular formula is C36H45BrN4O9. The molecule has 13 nitrogen and oxygen atoms in total. The molecule has 3 fully saturated rings. The van der Waals surface area contributed by atoms with Crippen LogP contribution in [0.15, 0.2) is 34.8 Å². The van der Waals surface area contributed by atoms with Gasteiger partial charge in [-0.25, -0.2) is 14.6 Å². The van der Waals surface area contributed by atoms with E-state index in [9.17, 15) is 19.2 Å². The largest absolute Gasteiger partial charge is 0.495 e. The fraction of sp³-hybridized carbons (Fsp3) is 0.583. The van der Waals surface area contributed by atoms with Crippen molar-refractivity contribution in [2.75, 3.05) is 27.9 Å². The molecule has 0 spiro atoms. The number of nitrogens with zero attached hydrogens (tertiary/aromatic N) is 2. The minimum Gasteiger partial charge on any atom is -0.495 e. The minimum atomic E-state index is -1.21. The third-order valence-corrected chi connectivity index (χ3v) is 11.0. The molecule has 5 atom stereocenters. The van der Waals surface area contributed by atoms with E-state index in [0.29, 0.717) is 52.0 Å². The zero-order chi connectivity index (χ0) is 35.4. The maximum absolute atomic E-state index is 14.4. The lowest BCUT2D eigenvalue weighted by molar-refractivity contribution is -0.148. The molecule has 14 heteroatoms. The number of carbonyl (C=O) groups excluding carboxylic acids is 4. The lowest BCUT2D eigenvalue weighted by atomic mass is 10.0. The summed E-state index contributed by atoms with van der Waals surface area (Å²) in [5, 5.41) is 6.46. The summed E-state index contributed by atoms with van der Waals surface area (Å²) in [6, 6.07) is 3.38. The Labute approximate surface area is 299 Å². The zero-order valence-electron chi connectivity index (χ0n) is 28.7. The summed E-state index contributed by atoms with van der Waals surface area (Å²) in [6.45, 7) is 0.0603. The molecule has 2 aliphatic heterocycles. The molecule has 270 valence electrons. The quantitative estimate of drug-likeness (QED) is 0.293. The number of pyridine rings is 1. The number of halogens is 1. The fourth-order valence-corrected chi connectivity index (χ4v) is 7.97. The average Bonchev–Trinajstić information content (AvgIpc) is 3.39. The molecule has 0 unspecified atom stereocenters. The van der Waals surface area contributed by atoms with E-state index in [1.807, 2.05) is 18.2 Å². The number of fused-ring (bicyclic) bond motifs is 3. The Hall–Kier alpha value is -4.07. The number of nitrogens with one attached hydrogen (secondary N) is 2. The van der Waals surface area contributed by atoms with Crippen molar-refractivity contribution in [3.63, 3.8) is 0 Å². The number of alkyl carbamates (subject to hydrolysis) is 1. The van der Waals surface area contributed by atoms with Crippen LogP contribution in [0.4, 0.5) is 4.79 Å². The first-order valence-electron chi connectivity index (χ1n) is 17.4. The third-order valence-electron chi connectivity index (χ3n) is 10.2. The summed E-state index contributed by atoms with van der Waals surface area (Å²) in [5.74, 6) is -0.304. The number of ether oxygens (including phenoxy) is 5. The maximum Gasteiger partial charge on any atom is 0.408 e. The lowest BCUT2D eigenvalue weighted by Gasteiger charge is -2.29. The topological polar surface area (TPSA) is 155 Å². The van der Waals surface area contributed by atoms with Crippen LogP contribution in [0.2, 0.25) is 0 Å². The second-order valence-electron chi connectivity index (χ2n) is 13.5. The van der Waals surface area contributed by atoms with Crippen LogP contribution in [0.5, 0.6) is 17.4 Å². The van der Waals surface area contributed by atoms with Crippen molar-refractivity contribution in [3.05, 3.63) is 34.8 Å². The average molecular weight is 758 g/mol. The van der Waals surface area contributed by atoms with Crippen molar-refractivity contribution >= 4 is 50.7 Å². The summed E-state index contributed by atoms with van der Waals surface area (Å²) in [4.78, 5) is 60.7. The number of methoxy groups -OCH3 is 3. The van der Waals surface area contributed by atoms with E-state index in [0.717, 1.165) is 44.9 Å². The summed E-state index contributed by atoms with van der Waals surface area (Å²) in [5.41, 5.74) is -0.655. The third kappa shape index (κ3) is 7.50. The number of allylic oxidation sites excluding steroid dienone is 1. The lowest BCUT2D eigenvalue weighted by Crippen LogP contribution is -2.56. The monoisotopic (exact) mass is 756 g/mol. The highest BCUT2D eigenvalue weighted by Gasteiger charge is 2.62. The molecule has 50 heavy (non-hydrogen) atoms. The zero-order valence-corrected chi connectivity index (χ0v) is 30.3. The van der Waals surface area contributed by atoms with Crippen LogP contribution >= 0.6 is 15.9 Å². The van der Waals surface area contributed by atoms with Gasteiger partial charge in [-0.1, -0.05) is 25.0 Å². The van der Waals surface area contributed by atoms with Crippen molar-refractivity contribution in [2.45, 2.75) is 100 Å². The minimum absolute atomic E-state index is 0.0603. The van der Waals surface area contributed by atoms with Crippen LogP contribution in [0.3, 0.4) is 0 Å². The number of benzene rings is 1. The van der Waals surface area contributed by atoms with Gasteiger partial charge in [-0.05, 0) is 79.4 Å². The van der Waals surface area contributed by atoms with E-state index >= 15 is 0 Å². The van der Waals surface area contributed by atoms with Gasteiger partial charge in [0.15, 0.2) is 0 Å². The molecule has 3 amide bonds. The predicted molar refractivity (Wildman–Crippen MR) is 186 cm³/mol. The molecule has 2 aliphatic carbocycles. The molecule has 2 saturated carbocycles. The van der Waals surface area contributed by atoms with E-state index in [1.165, 1.54) is 19.1 Å². The van der Waals surface area contributed by atoms with E-state index in [-0.39, 0.29) is 25.0 Å². The van der Waals surface area contributed by atoms with Gasteiger partial charge in [0, 0.05) is 23.8 Å². The van der Waals surface area contributed by atoms with Crippen LogP contribution in [-0.4, -0.2) is 91.5 Å².